The van der Waals surface area contributed by atoms with E-state index < -0.39 is 0 Å². The van der Waals surface area contributed by atoms with Crippen LogP contribution in [-0.2, 0) is 0 Å². The summed E-state index contributed by atoms with van der Waals surface area (Å²) in [7, 11) is 0. The molecule has 4 N–H and O–H groups in total. The van der Waals surface area contributed by atoms with Crippen molar-refractivity contribution < 1.29 is 9.90 Å². The fraction of sp³-hybridized carbons (Fsp3) is 0.0714. The highest BCUT2D eigenvalue weighted by Crippen LogP contribution is 2.24. The SMILES string of the molecule is Cc1c(N)cc(Br)cc1C(=O)Nc1cccc(O)c1. The van der Waals surface area contributed by atoms with E-state index in [1.54, 1.807) is 31.2 Å². The van der Waals surface area contributed by atoms with E-state index in [4.69, 9.17) is 5.73 Å². The van der Waals surface area contributed by atoms with Gasteiger partial charge in [-0.2, -0.15) is 0 Å². The van der Waals surface area contributed by atoms with E-state index >= 15 is 0 Å². The quantitative estimate of drug-likeness (QED) is 0.743. The standard InChI is InChI=1S/C14H13BrN2O2/c1-8-12(5-9(15)6-13(8)16)14(19)17-10-3-2-4-11(18)7-10/h2-7,18H,16H2,1H3,(H,17,19). The topological polar surface area (TPSA) is 75.4 Å². The number of benzene rings is 2. The average Bonchev–Trinajstić information content (AvgIpc) is 2.33. The summed E-state index contributed by atoms with van der Waals surface area (Å²) in [4.78, 5) is 12.2. The van der Waals surface area contributed by atoms with E-state index in [2.05, 4.69) is 21.2 Å². The molecule has 2 rings (SSSR count). The van der Waals surface area contributed by atoms with Crippen LogP contribution in [0, 0.1) is 6.92 Å². The van der Waals surface area contributed by atoms with Gasteiger partial charge in [0.2, 0.25) is 0 Å². The van der Waals surface area contributed by atoms with Crippen molar-refractivity contribution in [2.24, 2.45) is 0 Å². The number of amides is 1. The molecule has 0 radical (unpaired) electrons. The molecule has 0 aliphatic rings. The molecular formula is C14H13BrN2O2. The van der Waals surface area contributed by atoms with Crippen LogP contribution in [0.25, 0.3) is 0 Å². The fourth-order valence-electron chi connectivity index (χ4n) is 1.72. The second kappa shape index (κ2) is 5.32. The molecule has 0 aromatic heterocycles. The molecule has 1 amide bonds. The van der Waals surface area contributed by atoms with E-state index in [9.17, 15) is 9.90 Å². The number of carbonyl (C=O) groups excluding carboxylic acids is 1. The minimum atomic E-state index is -0.267. The number of carbonyl (C=O) groups is 1. The maximum atomic E-state index is 12.2. The largest absolute Gasteiger partial charge is 0.508 e. The van der Waals surface area contributed by atoms with Gasteiger partial charge in [0.1, 0.15) is 5.75 Å². The third-order valence-electron chi connectivity index (χ3n) is 2.76. The van der Waals surface area contributed by atoms with Gasteiger partial charge in [-0.05, 0) is 36.8 Å². The summed E-state index contributed by atoms with van der Waals surface area (Å²) < 4.78 is 0.747. The normalized spacial score (nSPS) is 10.2. The van der Waals surface area contributed by atoms with Crippen molar-refractivity contribution in [2.45, 2.75) is 6.92 Å². The predicted molar refractivity (Wildman–Crippen MR) is 79.4 cm³/mol. The number of hydrogen-bond donors (Lipinski definition) is 3. The highest BCUT2D eigenvalue weighted by molar-refractivity contribution is 9.10. The number of rotatable bonds is 2. The molecule has 0 fully saturated rings. The highest BCUT2D eigenvalue weighted by atomic mass is 79.9. The van der Waals surface area contributed by atoms with E-state index in [0.717, 1.165) is 10.0 Å². The summed E-state index contributed by atoms with van der Waals surface area (Å²) >= 11 is 3.31. The van der Waals surface area contributed by atoms with Gasteiger partial charge in [-0.3, -0.25) is 4.79 Å². The van der Waals surface area contributed by atoms with Crippen LogP contribution in [0.1, 0.15) is 15.9 Å². The number of nitrogens with one attached hydrogen (secondary N) is 1. The van der Waals surface area contributed by atoms with Crippen LogP contribution in [0.15, 0.2) is 40.9 Å². The van der Waals surface area contributed by atoms with Gasteiger partial charge in [-0.25, -0.2) is 0 Å². The van der Waals surface area contributed by atoms with E-state index in [-0.39, 0.29) is 11.7 Å². The smallest absolute Gasteiger partial charge is 0.256 e. The van der Waals surface area contributed by atoms with Gasteiger partial charge in [0.05, 0.1) is 0 Å². The van der Waals surface area contributed by atoms with E-state index in [1.807, 2.05) is 0 Å². The number of phenols is 1. The summed E-state index contributed by atoms with van der Waals surface area (Å²) in [6.45, 7) is 1.79. The van der Waals surface area contributed by atoms with E-state index in [1.165, 1.54) is 12.1 Å². The number of halogens is 1. The average molecular weight is 321 g/mol. The molecule has 0 saturated carbocycles. The summed E-state index contributed by atoms with van der Waals surface area (Å²) in [5, 5.41) is 12.1. The Hall–Kier alpha value is -2.01. The Morgan fingerprint density at radius 2 is 2.05 bits per heavy atom. The van der Waals surface area contributed by atoms with Crippen LogP contribution >= 0.6 is 15.9 Å². The molecule has 0 saturated heterocycles. The molecule has 2 aromatic rings. The summed E-state index contributed by atoms with van der Waals surface area (Å²) in [5.74, 6) is -0.167. The second-order valence-corrected chi connectivity index (χ2v) is 5.09. The van der Waals surface area contributed by atoms with Crippen molar-refractivity contribution in [3.05, 3.63) is 52.0 Å². The molecule has 0 bridgehead atoms. The lowest BCUT2D eigenvalue weighted by Crippen LogP contribution is -2.14. The van der Waals surface area contributed by atoms with Crippen LogP contribution in [-0.4, -0.2) is 11.0 Å². The summed E-state index contributed by atoms with van der Waals surface area (Å²) in [5.41, 5.74) is 8.13. The highest BCUT2D eigenvalue weighted by Gasteiger charge is 2.12. The first-order chi connectivity index (χ1) is 8.97. The molecule has 0 spiro atoms. The predicted octanol–water partition coefficient (Wildman–Crippen LogP) is 3.30. The molecule has 2 aromatic carbocycles. The summed E-state index contributed by atoms with van der Waals surface area (Å²) in [6, 6.07) is 9.85. The zero-order valence-corrected chi connectivity index (χ0v) is 11.9. The van der Waals surface area contributed by atoms with Gasteiger partial charge < -0.3 is 16.2 Å². The van der Waals surface area contributed by atoms with Crippen LogP contribution in [0.3, 0.4) is 0 Å². The molecule has 0 heterocycles. The first-order valence-electron chi connectivity index (χ1n) is 5.63. The lowest BCUT2D eigenvalue weighted by molar-refractivity contribution is 0.102. The van der Waals surface area contributed by atoms with Crippen LogP contribution in [0.4, 0.5) is 11.4 Å². The maximum absolute atomic E-state index is 12.2. The van der Waals surface area contributed by atoms with Gasteiger partial charge in [-0.1, -0.05) is 22.0 Å². The first-order valence-corrected chi connectivity index (χ1v) is 6.42. The van der Waals surface area contributed by atoms with Crippen molar-refractivity contribution in [1.29, 1.82) is 0 Å². The lowest BCUT2D eigenvalue weighted by Gasteiger charge is -2.10. The molecule has 98 valence electrons. The Morgan fingerprint density at radius 3 is 2.74 bits per heavy atom. The van der Waals surface area contributed by atoms with Crippen LogP contribution in [0.2, 0.25) is 0 Å². The minimum absolute atomic E-state index is 0.100. The van der Waals surface area contributed by atoms with Gasteiger partial charge in [-0.15, -0.1) is 0 Å². The summed E-state index contributed by atoms with van der Waals surface area (Å²) in [6.07, 6.45) is 0. The lowest BCUT2D eigenvalue weighted by atomic mass is 10.1. The van der Waals surface area contributed by atoms with Gasteiger partial charge >= 0.3 is 0 Å². The molecule has 0 unspecified atom stereocenters. The molecule has 19 heavy (non-hydrogen) atoms. The third-order valence-corrected chi connectivity index (χ3v) is 3.22. The Morgan fingerprint density at radius 1 is 1.32 bits per heavy atom. The first kappa shape index (κ1) is 13.4. The van der Waals surface area contributed by atoms with Crippen molar-refractivity contribution in [2.75, 3.05) is 11.1 Å². The Kier molecular flexibility index (Phi) is 3.76. The van der Waals surface area contributed by atoms with Crippen LogP contribution in [0.5, 0.6) is 5.75 Å². The molecular weight excluding hydrogens is 308 g/mol. The maximum Gasteiger partial charge on any atom is 0.256 e. The Labute approximate surface area is 119 Å². The second-order valence-electron chi connectivity index (χ2n) is 4.17. The zero-order chi connectivity index (χ0) is 14.0. The minimum Gasteiger partial charge on any atom is -0.508 e. The number of anilines is 2. The Balaban J connectivity index is 2.30. The van der Waals surface area contributed by atoms with Gasteiger partial charge in [0.25, 0.3) is 5.91 Å². The van der Waals surface area contributed by atoms with Crippen molar-refractivity contribution >= 4 is 33.2 Å². The van der Waals surface area contributed by atoms with Gasteiger partial charge in [0, 0.05) is 27.5 Å². The molecule has 0 aliphatic heterocycles. The fourth-order valence-corrected chi connectivity index (χ4v) is 2.19. The molecule has 0 atom stereocenters. The number of nitrogen functional groups attached to an aromatic ring is 1. The third kappa shape index (κ3) is 3.06. The van der Waals surface area contributed by atoms with Crippen LogP contribution < -0.4 is 11.1 Å². The number of phenolic OH excluding ortho intramolecular Hbond substituents is 1. The molecule has 5 heteroatoms. The number of aromatic hydroxyl groups is 1. The van der Waals surface area contributed by atoms with Crippen molar-refractivity contribution in [1.82, 2.24) is 0 Å². The zero-order valence-electron chi connectivity index (χ0n) is 10.3. The van der Waals surface area contributed by atoms with Crippen molar-refractivity contribution in [3.8, 4) is 5.75 Å². The monoisotopic (exact) mass is 320 g/mol. The van der Waals surface area contributed by atoms with Crippen molar-refractivity contribution in [3.63, 3.8) is 0 Å². The van der Waals surface area contributed by atoms with E-state index in [0.29, 0.717) is 16.9 Å². The number of nitrogens with two attached hydrogens (primary N) is 1. The molecule has 0 aliphatic carbocycles. The van der Waals surface area contributed by atoms with Gasteiger partial charge in [0.15, 0.2) is 0 Å². The molecule has 4 nitrogen and oxygen atoms in total. The number of hydrogen-bond acceptors (Lipinski definition) is 3. The Bertz CT molecular complexity index is 641.